The zero-order valence-corrected chi connectivity index (χ0v) is 11.7. The minimum atomic E-state index is -0.127. The molecule has 2 rings (SSSR count). The lowest BCUT2D eigenvalue weighted by Crippen LogP contribution is -2.12. The highest BCUT2D eigenvalue weighted by Crippen LogP contribution is 2.27. The van der Waals surface area contributed by atoms with Gasteiger partial charge in [-0.15, -0.1) is 0 Å². The van der Waals surface area contributed by atoms with Crippen molar-refractivity contribution in [1.29, 1.82) is 0 Å². The second-order valence-electron chi connectivity index (χ2n) is 4.12. The minimum absolute atomic E-state index is 0.127. The predicted molar refractivity (Wildman–Crippen MR) is 77.4 cm³/mol. The number of pyridine rings is 1. The molecule has 0 bridgehead atoms. The first kappa shape index (κ1) is 13.8. The molecule has 1 aromatic heterocycles. The second kappa shape index (κ2) is 6.04. The molecule has 1 unspecified atom stereocenters. The fourth-order valence-corrected chi connectivity index (χ4v) is 2.37. The van der Waals surface area contributed by atoms with Crippen LogP contribution in [0.5, 0.6) is 0 Å². The van der Waals surface area contributed by atoms with E-state index in [0.717, 1.165) is 5.56 Å². The van der Waals surface area contributed by atoms with Crippen molar-refractivity contribution in [3.05, 3.63) is 63.9 Å². The fourth-order valence-electron chi connectivity index (χ4n) is 1.86. The third kappa shape index (κ3) is 3.06. The van der Waals surface area contributed by atoms with Gasteiger partial charge >= 0.3 is 0 Å². The molecule has 98 valence electrons. The molecule has 3 nitrogen and oxygen atoms in total. The first-order chi connectivity index (χ1) is 9.13. The van der Waals surface area contributed by atoms with E-state index in [2.05, 4.69) is 10.1 Å². The van der Waals surface area contributed by atoms with Gasteiger partial charge in [0.25, 0.3) is 0 Å². The maximum atomic E-state index is 9.28. The molecule has 2 aromatic rings. The van der Waals surface area contributed by atoms with Crippen LogP contribution in [0.4, 0.5) is 0 Å². The van der Waals surface area contributed by atoms with Crippen LogP contribution in [0.15, 0.2) is 47.9 Å². The van der Waals surface area contributed by atoms with E-state index >= 15 is 0 Å². The van der Waals surface area contributed by atoms with E-state index in [-0.39, 0.29) is 5.92 Å². The van der Waals surface area contributed by atoms with E-state index in [4.69, 9.17) is 23.2 Å². The monoisotopic (exact) mass is 294 g/mol. The molecular weight excluding hydrogens is 283 g/mol. The zero-order valence-electron chi connectivity index (χ0n) is 10.2. The number of halogens is 2. The lowest BCUT2D eigenvalue weighted by Gasteiger charge is -2.14. The van der Waals surface area contributed by atoms with Crippen molar-refractivity contribution in [1.82, 2.24) is 4.98 Å². The van der Waals surface area contributed by atoms with Crippen molar-refractivity contribution in [2.24, 2.45) is 5.16 Å². The van der Waals surface area contributed by atoms with E-state index in [1.807, 2.05) is 19.1 Å². The van der Waals surface area contributed by atoms with Crippen molar-refractivity contribution >= 4 is 28.9 Å². The third-order valence-corrected chi connectivity index (χ3v) is 3.46. The van der Waals surface area contributed by atoms with Crippen molar-refractivity contribution < 1.29 is 5.21 Å². The van der Waals surface area contributed by atoms with Crippen LogP contribution in [0.2, 0.25) is 10.0 Å². The van der Waals surface area contributed by atoms with Crippen LogP contribution in [-0.2, 0) is 0 Å². The highest BCUT2D eigenvalue weighted by molar-refractivity contribution is 6.37. The summed E-state index contributed by atoms with van der Waals surface area (Å²) in [5, 5.41) is 13.7. The van der Waals surface area contributed by atoms with E-state index < -0.39 is 0 Å². The Morgan fingerprint density at radius 3 is 2.68 bits per heavy atom. The van der Waals surface area contributed by atoms with E-state index in [1.165, 1.54) is 0 Å². The van der Waals surface area contributed by atoms with Crippen molar-refractivity contribution in [3.8, 4) is 0 Å². The van der Waals surface area contributed by atoms with Gasteiger partial charge in [0.05, 0.1) is 10.7 Å². The van der Waals surface area contributed by atoms with Crippen LogP contribution in [0.3, 0.4) is 0 Å². The fraction of sp³-hybridized carbons (Fsp3) is 0.143. The molecule has 1 heterocycles. The quantitative estimate of drug-likeness (QED) is 0.519. The molecule has 0 aliphatic rings. The van der Waals surface area contributed by atoms with Gasteiger partial charge in [0.2, 0.25) is 0 Å². The van der Waals surface area contributed by atoms with Crippen LogP contribution >= 0.6 is 23.2 Å². The summed E-state index contributed by atoms with van der Waals surface area (Å²) in [5.41, 5.74) is 2.08. The number of aromatic nitrogens is 1. The Bertz CT molecular complexity index is 600. The summed E-state index contributed by atoms with van der Waals surface area (Å²) in [4.78, 5) is 4.06. The smallest absolute Gasteiger partial charge is 0.0955 e. The first-order valence-corrected chi connectivity index (χ1v) is 6.46. The average molecular weight is 295 g/mol. The van der Waals surface area contributed by atoms with Gasteiger partial charge in [0, 0.05) is 28.9 Å². The predicted octanol–water partition coefficient (Wildman–Crippen LogP) is 4.37. The van der Waals surface area contributed by atoms with Crippen LogP contribution in [0.1, 0.15) is 24.0 Å². The SMILES string of the molecule is CC(C(=NO)c1ccc(Cl)cc1Cl)c1cccnc1. The van der Waals surface area contributed by atoms with Gasteiger partial charge in [-0.1, -0.05) is 47.4 Å². The maximum absolute atomic E-state index is 9.28. The number of nitrogens with zero attached hydrogens (tertiary/aromatic N) is 2. The molecule has 0 aliphatic heterocycles. The normalized spacial score (nSPS) is 13.3. The van der Waals surface area contributed by atoms with Crippen LogP contribution in [0.25, 0.3) is 0 Å². The first-order valence-electron chi connectivity index (χ1n) is 5.70. The van der Waals surface area contributed by atoms with E-state index in [0.29, 0.717) is 21.3 Å². The maximum Gasteiger partial charge on any atom is 0.0955 e. The van der Waals surface area contributed by atoms with Gasteiger partial charge in [0.1, 0.15) is 0 Å². The minimum Gasteiger partial charge on any atom is -0.411 e. The summed E-state index contributed by atoms with van der Waals surface area (Å²) in [6.07, 6.45) is 3.43. The summed E-state index contributed by atoms with van der Waals surface area (Å²) < 4.78 is 0. The number of hydrogen-bond acceptors (Lipinski definition) is 3. The van der Waals surface area contributed by atoms with E-state index in [1.54, 1.807) is 30.6 Å². The van der Waals surface area contributed by atoms with Crippen molar-refractivity contribution in [2.45, 2.75) is 12.8 Å². The van der Waals surface area contributed by atoms with Crippen molar-refractivity contribution in [3.63, 3.8) is 0 Å². The molecule has 19 heavy (non-hydrogen) atoms. The van der Waals surface area contributed by atoms with Gasteiger partial charge in [-0.25, -0.2) is 0 Å². The van der Waals surface area contributed by atoms with Crippen LogP contribution in [0, 0.1) is 0 Å². The highest BCUT2D eigenvalue weighted by atomic mass is 35.5. The van der Waals surface area contributed by atoms with Gasteiger partial charge in [-0.3, -0.25) is 4.98 Å². The molecule has 0 amide bonds. The Morgan fingerprint density at radius 2 is 2.11 bits per heavy atom. The molecule has 1 N–H and O–H groups in total. The lowest BCUT2D eigenvalue weighted by atomic mass is 9.92. The Labute approximate surface area is 121 Å². The Morgan fingerprint density at radius 1 is 1.32 bits per heavy atom. The summed E-state index contributed by atoms with van der Waals surface area (Å²) in [6, 6.07) is 8.84. The Balaban J connectivity index is 2.41. The average Bonchev–Trinajstić information content (AvgIpc) is 2.42. The molecule has 1 aromatic carbocycles. The van der Waals surface area contributed by atoms with Crippen LogP contribution in [-0.4, -0.2) is 15.9 Å². The van der Waals surface area contributed by atoms with Crippen LogP contribution < -0.4 is 0 Å². The molecule has 5 heteroatoms. The lowest BCUT2D eigenvalue weighted by molar-refractivity contribution is 0.317. The highest BCUT2D eigenvalue weighted by Gasteiger charge is 2.18. The topological polar surface area (TPSA) is 45.5 Å². The largest absolute Gasteiger partial charge is 0.411 e. The number of hydrogen-bond donors (Lipinski definition) is 1. The zero-order chi connectivity index (χ0) is 13.8. The molecule has 0 saturated carbocycles. The van der Waals surface area contributed by atoms with Gasteiger partial charge in [-0.2, -0.15) is 0 Å². The molecular formula is C14H12Cl2N2O. The van der Waals surface area contributed by atoms with Crippen molar-refractivity contribution in [2.75, 3.05) is 0 Å². The summed E-state index contributed by atoms with van der Waals surface area (Å²) in [5.74, 6) is -0.127. The molecule has 0 spiro atoms. The number of benzene rings is 1. The number of oxime groups is 1. The standard InChI is InChI=1S/C14H12Cl2N2O/c1-9(10-3-2-6-17-8-10)14(18-19)12-5-4-11(15)7-13(12)16/h2-9,19H,1H3. The summed E-state index contributed by atoms with van der Waals surface area (Å²) >= 11 is 12.0. The molecule has 0 aliphatic carbocycles. The number of rotatable bonds is 3. The van der Waals surface area contributed by atoms with Gasteiger partial charge in [-0.05, 0) is 23.8 Å². The van der Waals surface area contributed by atoms with Gasteiger partial charge < -0.3 is 5.21 Å². The van der Waals surface area contributed by atoms with Gasteiger partial charge in [0.15, 0.2) is 0 Å². The Kier molecular flexibility index (Phi) is 4.40. The van der Waals surface area contributed by atoms with E-state index in [9.17, 15) is 5.21 Å². The summed E-state index contributed by atoms with van der Waals surface area (Å²) in [6.45, 7) is 1.93. The molecule has 0 fully saturated rings. The molecule has 0 radical (unpaired) electrons. The third-order valence-electron chi connectivity index (χ3n) is 2.91. The summed E-state index contributed by atoms with van der Waals surface area (Å²) in [7, 11) is 0. The second-order valence-corrected chi connectivity index (χ2v) is 4.96. The molecule has 0 saturated heterocycles. The Hall–Kier alpha value is -1.58. The molecule has 1 atom stereocenters.